The third kappa shape index (κ3) is 8.14. The highest BCUT2D eigenvalue weighted by Crippen LogP contribution is 2.18. The fraction of sp³-hybridized carbons (Fsp3) is 0.448. The van der Waals surface area contributed by atoms with Crippen LogP contribution in [0.25, 0.3) is 11.1 Å². The van der Waals surface area contributed by atoms with Crippen LogP contribution in [0.5, 0.6) is 0 Å². The molecule has 2 N–H and O–H groups in total. The standard InChI is InChI=1S/C29H36N4O7S/c1-3-4-11-23(26(34)28-31-22-12-7-8-13-25(22)40-28)30-27(35)24(32-29(36)33-14-16-39-17-15-33)19-41(37,38)18-21-10-6-5-9-20(21)2/h5-10,12-13,23-24H,3-4,11,14-19H2,1-2H3,(H,30,35)(H,32,36)/t23?,24-/m1/s1. The molecule has 41 heavy (non-hydrogen) atoms. The summed E-state index contributed by atoms with van der Waals surface area (Å²) in [6, 6.07) is 11.0. The number of Topliss-reactive ketones (excluding diaryl/α,β-unsaturated/α-hetero) is 1. The molecule has 4 rings (SSSR count). The number of ether oxygens (including phenoxy) is 1. The predicted octanol–water partition coefficient (Wildman–Crippen LogP) is 3.02. The Labute approximate surface area is 239 Å². The van der Waals surface area contributed by atoms with Crippen LogP contribution >= 0.6 is 0 Å². The minimum absolute atomic E-state index is 0.145. The van der Waals surface area contributed by atoms with E-state index in [2.05, 4.69) is 15.6 Å². The fourth-order valence-electron chi connectivity index (χ4n) is 4.59. The van der Waals surface area contributed by atoms with Crippen molar-refractivity contribution in [2.75, 3.05) is 32.1 Å². The van der Waals surface area contributed by atoms with E-state index in [0.717, 1.165) is 12.0 Å². The SMILES string of the molecule is CCCCC(NC(=O)[C@@H](CS(=O)(=O)Cc1ccccc1C)NC(=O)N1CCOCC1)C(=O)c1nc2ccccc2o1. The summed E-state index contributed by atoms with van der Waals surface area (Å²) in [4.78, 5) is 45.8. The summed E-state index contributed by atoms with van der Waals surface area (Å²) >= 11 is 0. The molecule has 3 amide bonds. The molecule has 1 unspecified atom stereocenters. The van der Waals surface area contributed by atoms with Crippen LogP contribution in [0, 0.1) is 6.92 Å². The number of fused-ring (bicyclic) bond motifs is 1. The second-order valence-electron chi connectivity index (χ2n) is 10.1. The van der Waals surface area contributed by atoms with Crippen molar-refractivity contribution in [1.82, 2.24) is 20.5 Å². The Morgan fingerprint density at radius 3 is 2.41 bits per heavy atom. The van der Waals surface area contributed by atoms with E-state index in [1.165, 1.54) is 4.90 Å². The largest absolute Gasteiger partial charge is 0.434 e. The normalized spacial score (nSPS) is 15.3. The zero-order valence-corrected chi connectivity index (χ0v) is 24.1. The number of carbonyl (C=O) groups is 3. The quantitative estimate of drug-likeness (QED) is 0.309. The van der Waals surface area contributed by atoms with Gasteiger partial charge in [0.15, 0.2) is 15.4 Å². The number of unbranched alkanes of at least 4 members (excludes halogenated alkanes) is 1. The maximum absolute atomic E-state index is 13.6. The molecule has 0 aliphatic carbocycles. The average Bonchev–Trinajstić information content (AvgIpc) is 3.40. The molecular formula is C29H36N4O7S. The summed E-state index contributed by atoms with van der Waals surface area (Å²) in [5.41, 5.74) is 2.36. The van der Waals surface area contributed by atoms with E-state index in [4.69, 9.17) is 9.15 Å². The summed E-state index contributed by atoms with van der Waals surface area (Å²) in [5.74, 6) is -2.37. The number of ketones is 1. The number of sulfone groups is 1. The lowest BCUT2D eigenvalue weighted by Gasteiger charge is -2.29. The number of benzene rings is 2. The number of hydrogen-bond acceptors (Lipinski definition) is 8. The number of nitrogens with zero attached hydrogens (tertiary/aromatic N) is 2. The molecule has 1 aliphatic rings. The monoisotopic (exact) mass is 584 g/mol. The van der Waals surface area contributed by atoms with Gasteiger partial charge in [-0.3, -0.25) is 9.59 Å². The molecule has 2 atom stereocenters. The fourth-order valence-corrected chi connectivity index (χ4v) is 6.25. The molecule has 220 valence electrons. The molecule has 11 nitrogen and oxygen atoms in total. The smallest absolute Gasteiger partial charge is 0.318 e. The Kier molecular flexibility index (Phi) is 10.1. The third-order valence-electron chi connectivity index (χ3n) is 6.95. The number of amides is 3. The van der Waals surface area contributed by atoms with Crippen LogP contribution in [0.2, 0.25) is 0 Å². The highest BCUT2D eigenvalue weighted by atomic mass is 32.2. The van der Waals surface area contributed by atoms with Crippen LogP contribution in [-0.4, -0.2) is 80.2 Å². The molecule has 2 aromatic carbocycles. The van der Waals surface area contributed by atoms with E-state index in [9.17, 15) is 22.8 Å². The van der Waals surface area contributed by atoms with Gasteiger partial charge in [0.2, 0.25) is 11.7 Å². The Balaban J connectivity index is 1.56. The Bertz CT molecular complexity index is 1450. The van der Waals surface area contributed by atoms with E-state index in [1.54, 1.807) is 36.4 Å². The van der Waals surface area contributed by atoms with Gasteiger partial charge in [0.1, 0.15) is 11.6 Å². The number of nitrogens with one attached hydrogen (secondary N) is 2. The van der Waals surface area contributed by atoms with Gasteiger partial charge < -0.3 is 24.7 Å². The van der Waals surface area contributed by atoms with E-state index in [1.807, 2.05) is 26.0 Å². The zero-order valence-electron chi connectivity index (χ0n) is 23.3. The van der Waals surface area contributed by atoms with Crippen LogP contribution in [0.3, 0.4) is 0 Å². The van der Waals surface area contributed by atoms with Crippen molar-refractivity contribution in [2.24, 2.45) is 0 Å². The first kappa shape index (κ1) is 30.2. The first-order chi connectivity index (χ1) is 19.7. The van der Waals surface area contributed by atoms with Crippen LogP contribution in [0.15, 0.2) is 52.9 Å². The van der Waals surface area contributed by atoms with Crippen molar-refractivity contribution in [3.05, 3.63) is 65.5 Å². The van der Waals surface area contributed by atoms with E-state index in [0.29, 0.717) is 55.8 Å². The maximum Gasteiger partial charge on any atom is 0.318 e. The highest BCUT2D eigenvalue weighted by molar-refractivity contribution is 7.90. The van der Waals surface area contributed by atoms with Crippen molar-refractivity contribution in [3.63, 3.8) is 0 Å². The zero-order chi connectivity index (χ0) is 29.4. The summed E-state index contributed by atoms with van der Waals surface area (Å²) in [6.45, 7) is 5.07. The molecule has 0 radical (unpaired) electrons. The van der Waals surface area contributed by atoms with Crippen molar-refractivity contribution >= 4 is 38.7 Å². The number of morpholine rings is 1. The van der Waals surface area contributed by atoms with Crippen LogP contribution in [-0.2, 0) is 25.1 Å². The number of carbonyl (C=O) groups excluding carboxylic acids is 3. The van der Waals surface area contributed by atoms with Gasteiger partial charge >= 0.3 is 6.03 Å². The lowest BCUT2D eigenvalue weighted by molar-refractivity contribution is -0.123. The number of rotatable bonds is 12. The molecule has 1 aliphatic heterocycles. The lowest BCUT2D eigenvalue weighted by atomic mass is 10.0. The maximum atomic E-state index is 13.6. The van der Waals surface area contributed by atoms with Gasteiger partial charge in [0.25, 0.3) is 5.89 Å². The summed E-state index contributed by atoms with van der Waals surface area (Å²) in [7, 11) is -3.85. The van der Waals surface area contributed by atoms with Crippen molar-refractivity contribution in [2.45, 2.75) is 50.9 Å². The molecule has 3 aromatic rings. The molecule has 1 saturated heterocycles. The number of urea groups is 1. The molecule has 12 heteroatoms. The van der Waals surface area contributed by atoms with Gasteiger partial charge in [-0.15, -0.1) is 0 Å². The topological polar surface area (TPSA) is 148 Å². The molecule has 0 bridgehead atoms. The van der Waals surface area contributed by atoms with Crippen LogP contribution in [0.4, 0.5) is 4.79 Å². The number of oxazole rings is 1. The third-order valence-corrected chi connectivity index (χ3v) is 8.55. The van der Waals surface area contributed by atoms with Crippen LogP contribution < -0.4 is 10.6 Å². The van der Waals surface area contributed by atoms with Gasteiger partial charge in [0.05, 0.1) is 30.8 Å². The second-order valence-corrected chi connectivity index (χ2v) is 12.2. The molecule has 0 spiro atoms. The summed E-state index contributed by atoms with van der Waals surface area (Å²) < 4.78 is 37.5. The highest BCUT2D eigenvalue weighted by Gasteiger charge is 2.33. The van der Waals surface area contributed by atoms with E-state index in [-0.39, 0.29) is 11.6 Å². The van der Waals surface area contributed by atoms with Gasteiger partial charge in [-0.25, -0.2) is 18.2 Å². The van der Waals surface area contributed by atoms with Crippen molar-refractivity contribution in [1.29, 1.82) is 0 Å². The Hall–Kier alpha value is -3.77. The molecule has 1 fully saturated rings. The lowest BCUT2D eigenvalue weighted by Crippen LogP contribution is -2.57. The van der Waals surface area contributed by atoms with E-state index < -0.39 is 45.4 Å². The molecule has 0 saturated carbocycles. The van der Waals surface area contributed by atoms with Crippen molar-refractivity contribution < 1.29 is 32.0 Å². The summed E-state index contributed by atoms with van der Waals surface area (Å²) in [5, 5.41) is 5.28. The Morgan fingerprint density at radius 1 is 1.00 bits per heavy atom. The van der Waals surface area contributed by atoms with E-state index >= 15 is 0 Å². The van der Waals surface area contributed by atoms with Gasteiger partial charge in [-0.1, -0.05) is 56.2 Å². The van der Waals surface area contributed by atoms with Crippen LogP contribution in [0.1, 0.15) is 48.0 Å². The minimum Gasteiger partial charge on any atom is -0.434 e. The first-order valence-corrected chi connectivity index (χ1v) is 15.6. The summed E-state index contributed by atoms with van der Waals surface area (Å²) in [6.07, 6.45) is 1.67. The number of hydrogen-bond donors (Lipinski definition) is 2. The van der Waals surface area contributed by atoms with Gasteiger partial charge in [0, 0.05) is 13.1 Å². The molecule has 1 aromatic heterocycles. The van der Waals surface area contributed by atoms with Gasteiger partial charge in [-0.2, -0.15) is 0 Å². The average molecular weight is 585 g/mol. The Morgan fingerprint density at radius 2 is 1.71 bits per heavy atom. The predicted molar refractivity (Wildman–Crippen MR) is 153 cm³/mol. The molecular weight excluding hydrogens is 548 g/mol. The second kappa shape index (κ2) is 13.7. The number of aromatic nitrogens is 1. The number of para-hydroxylation sites is 2. The van der Waals surface area contributed by atoms with Gasteiger partial charge in [-0.05, 0) is 36.6 Å². The molecule has 2 heterocycles. The van der Waals surface area contributed by atoms with Crippen molar-refractivity contribution in [3.8, 4) is 0 Å². The first-order valence-electron chi connectivity index (χ1n) is 13.7. The minimum atomic E-state index is -3.85. The number of aryl methyl sites for hydroxylation is 1.